The molecule has 0 aliphatic rings. The molecule has 0 aliphatic carbocycles. The van der Waals surface area contributed by atoms with Crippen molar-refractivity contribution in [2.75, 3.05) is 7.11 Å². The average Bonchev–Trinajstić information content (AvgIpc) is 2.53. The summed E-state index contributed by atoms with van der Waals surface area (Å²) in [4.78, 5) is 0. The van der Waals surface area contributed by atoms with Crippen LogP contribution in [0.3, 0.4) is 0 Å². The number of methoxy groups -OCH3 is 1. The van der Waals surface area contributed by atoms with Gasteiger partial charge in [0.15, 0.2) is 0 Å². The van der Waals surface area contributed by atoms with Gasteiger partial charge in [-0.3, -0.25) is 0 Å². The van der Waals surface area contributed by atoms with Gasteiger partial charge in [0.1, 0.15) is 24.2 Å². The summed E-state index contributed by atoms with van der Waals surface area (Å²) in [7, 11) is 1.54. The molecule has 0 N–H and O–H groups in total. The number of halogens is 2. The number of ether oxygens (including phenoxy) is 2. The fraction of sp³-hybridized carbons (Fsp3) is 0.188. The van der Waals surface area contributed by atoms with Crippen LogP contribution in [0.2, 0.25) is 0 Å². The van der Waals surface area contributed by atoms with Gasteiger partial charge < -0.3 is 9.47 Å². The lowest BCUT2D eigenvalue weighted by molar-refractivity contribution is 0.303. The fourth-order valence-corrected chi connectivity index (χ4v) is 2.53. The van der Waals surface area contributed by atoms with Crippen LogP contribution in [-0.4, -0.2) is 7.11 Å². The molecular weight excluding hydrogens is 354 g/mol. The number of nitrogens with zero attached hydrogens (tertiary/aromatic N) is 1. The highest BCUT2D eigenvalue weighted by atomic mass is 79.9. The summed E-state index contributed by atoms with van der Waals surface area (Å²) < 4.78 is 11.8. The molecule has 0 aliphatic heterocycles. The quantitative estimate of drug-likeness (QED) is 0.724. The van der Waals surface area contributed by atoms with Gasteiger partial charge in [0.25, 0.3) is 0 Å². The summed E-state index contributed by atoms with van der Waals surface area (Å²) in [6.07, 6.45) is 0. The van der Waals surface area contributed by atoms with Crippen LogP contribution in [0, 0.1) is 11.3 Å². The summed E-state index contributed by atoms with van der Waals surface area (Å²) in [6, 6.07) is 13.2. The van der Waals surface area contributed by atoms with Crippen LogP contribution in [-0.2, 0) is 12.5 Å². The monoisotopic (exact) mass is 365 g/mol. The Morgan fingerprint density at radius 2 is 1.90 bits per heavy atom. The van der Waals surface area contributed by atoms with E-state index in [4.69, 9.17) is 26.3 Å². The van der Waals surface area contributed by atoms with E-state index >= 15 is 0 Å². The minimum atomic E-state index is 0.390. The van der Waals surface area contributed by atoms with Crippen LogP contribution >= 0.6 is 27.5 Å². The molecule has 0 amide bonds. The zero-order valence-corrected chi connectivity index (χ0v) is 13.7. The van der Waals surface area contributed by atoms with Crippen molar-refractivity contribution in [2.24, 2.45) is 0 Å². The number of nitriles is 1. The normalized spacial score (nSPS) is 10.0. The largest absolute Gasteiger partial charge is 0.495 e. The zero-order chi connectivity index (χ0) is 15.2. The first kappa shape index (κ1) is 15.7. The smallest absolute Gasteiger partial charge is 0.137 e. The van der Waals surface area contributed by atoms with Crippen molar-refractivity contribution >= 4 is 27.5 Å². The summed E-state index contributed by atoms with van der Waals surface area (Å²) in [5.74, 6) is 1.76. The number of hydrogen-bond acceptors (Lipinski definition) is 3. The second-order valence-corrected chi connectivity index (χ2v) is 5.46. The topological polar surface area (TPSA) is 42.2 Å². The first-order valence-corrected chi connectivity index (χ1v) is 7.55. The van der Waals surface area contributed by atoms with Gasteiger partial charge in [-0.25, -0.2) is 0 Å². The van der Waals surface area contributed by atoms with Crippen LogP contribution in [0.5, 0.6) is 11.5 Å². The van der Waals surface area contributed by atoms with Gasteiger partial charge in [-0.15, -0.1) is 11.6 Å². The standard InChI is InChI=1S/C16H13BrClNO2/c1-20-16-7-12(2-4-13(16)9-19)10-21-15-5-3-11(8-18)6-14(15)17/h2-7H,8,10H2,1H3. The van der Waals surface area contributed by atoms with E-state index in [1.54, 1.807) is 19.2 Å². The molecule has 0 heterocycles. The maximum Gasteiger partial charge on any atom is 0.137 e. The van der Waals surface area contributed by atoms with Crippen LogP contribution in [0.4, 0.5) is 0 Å². The van der Waals surface area contributed by atoms with Gasteiger partial charge in [-0.1, -0.05) is 12.1 Å². The zero-order valence-electron chi connectivity index (χ0n) is 11.4. The molecule has 0 saturated heterocycles. The summed E-state index contributed by atoms with van der Waals surface area (Å²) in [5, 5.41) is 8.96. The van der Waals surface area contributed by atoms with Crippen molar-refractivity contribution in [3.05, 3.63) is 57.6 Å². The SMILES string of the molecule is COc1cc(COc2ccc(CCl)cc2Br)ccc1C#N. The van der Waals surface area contributed by atoms with Gasteiger partial charge in [-0.05, 0) is 51.3 Å². The molecule has 2 aromatic carbocycles. The Kier molecular flexibility index (Phi) is 5.49. The fourth-order valence-electron chi connectivity index (χ4n) is 1.82. The Balaban J connectivity index is 2.11. The number of alkyl halides is 1. The third kappa shape index (κ3) is 3.90. The molecular formula is C16H13BrClNO2. The van der Waals surface area contributed by atoms with E-state index in [9.17, 15) is 0 Å². The van der Waals surface area contributed by atoms with E-state index in [0.29, 0.717) is 23.8 Å². The molecule has 0 bridgehead atoms. The van der Waals surface area contributed by atoms with E-state index < -0.39 is 0 Å². The Morgan fingerprint density at radius 1 is 1.14 bits per heavy atom. The van der Waals surface area contributed by atoms with Crippen LogP contribution < -0.4 is 9.47 Å². The Hall–Kier alpha value is -1.70. The van der Waals surface area contributed by atoms with Crippen molar-refractivity contribution in [2.45, 2.75) is 12.5 Å². The van der Waals surface area contributed by atoms with E-state index in [1.807, 2.05) is 24.3 Å². The maximum absolute atomic E-state index is 8.96. The van der Waals surface area contributed by atoms with E-state index in [-0.39, 0.29) is 0 Å². The first-order valence-electron chi connectivity index (χ1n) is 6.22. The third-order valence-corrected chi connectivity index (χ3v) is 3.86. The Bertz CT molecular complexity index is 682. The van der Waals surface area contributed by atoms with Crippen molar-refractivity contribution < 1.29 is 9.47 Å². The molecule has 0 atom stereocenters. The second-order valence-electron chi connectivity index (χ2n) is 4.33. The third-order valence-electron chi connectivity index (χ3n) is 2.93. The molecule has 21 heavy (non-hydrogen) atoms. The lowest BCUT2D eigenvalue weighted by atomic mass is 10.1. The molecule has 2 rings (SSSR count). The number of benzene rings is 2. The van der Waals surface area contributed by atoms with Gasteiger partial charge in [-0.2, -0.15) is 5.26 Å². The van der Waals surface area contributed by atoms with Crippen molar-refractivity contribution in [1.82, 2.24) is 0 Å². The molecule has 0 radical (unpaired) electrons. The molecule has 0 unspecified atom stereocenters. The molecule has 0 saturated carbocycles. The highest BCUT2D eigenvalue weighted by Gasteiger charge is 2.06. The highest BCUT2D eigenvalue weighted by Crippen LogP contribution is 2.28. The molecule has 2 aromatic rings. The molecule has 0 aromatic heterocycles. The first-order chi connectivity index (χ1) is 10.2. The average molecular weight is 367 g/mol. The van der Waals surface area contributed by atoms with Crippen LogP contribution in [0.15, 0.2) is 40.9 Å². The summed E-state index contributed by atoms with van der Waals surface area (Å²) >= 11 is 9.25. The lowest BCUT2D eigenvalue weighted by Gasteiger charge is -2.10. The molecule has 108 valence electrons. The van der Waals surface area contributed by atoms with E-state index in [1.165, 1.54) is 0 Å². The van der Waals surface area contributed by atoms with Crippen molar-refractivity contribution in [3.63, 3.8) is 0 Å². The Morgan fingerprint density at radius 3 is 2.52 bits per heavy atom. The van der Waals surface area contributed by atoms with Crippen molar-refractivity contribution in [3.8, 4) is 17.6 Å². The van der Waals surface area contributed by atoms with Gasteiger partial charge in [0.2, 0.25) is 0 Å². The number of hydrogen-bond donors (Lipinski definition) is 0. The summed E-state index contributed by atoms with van der Waals surface area (Å²) in [5.41, 5.74) is 2.46. The molecule has 3 nitrogen and oxygen atoms in total. The second kappa shape index (κ2) is 7.35. The van der Waals surface area contributed by atoms with Gasteiger partial charge in [0, 0.05) is 5.88 Å². The van der Waals surface area contributed by atoms with E-state index in [0.717, 1.165) is 21.3 Å². The van der Waals surface area contributed by atoms with Gasteiger partial charge >= 0.3 is 0 Å². The van der Waals surface area contributed by atoms with Crippen LogP contribution in [0.1, 0.15) is 16.7 Å². The minimum absolute atomic E-state index is 0.390. The maximum atomic E-state index is 8.96. The van der Waals surface area contributed by atoms with Gasteiger partial charge in [0.05, 0.1) is 17.1 Å². The van der Waals surface area contributed by atoms with Crippen LogP contribution in [0.25, 0.3) is 0 Å². The predicted octanol–water partition coefficient (Wildman–Crippen LogP) is 4.65. The van der Waals surface area contributed by atoms with E-state index in [2.05, 4.69) is 22.0 Å². The number of rotatable bonds is 5. The highest BCUT2D eigenvalue weighted by molar-refractivity contribution is 9.10. The minimum Gasteiger partial charge on any atom is -0.495 e. The van der Waals surface area contributed by atoms with Crippen molar-refractivity contribution in [1.29, 1.82) is 5.26 Å². The lowest BCUT2D eigenvalue weighted by Crippen LogP contribution is -1.98. The molecule has 0 fully saturated rings. The summed E-state index contributed by atoms with van der Waals surface area (Å²) in [6.45, 7) is 0.390. The predicted molar refractivity (Wildman–Crippen MR) is 85.7 cm³/mol. The molecule has 0 spiro atoms. The Labute approximate surface area is 137 Å². The molecule has 5 heteroatoms.